The minimum absolute atomic E-state index is 0.0674. The summed E-state index contributed by atoms with van der Waals surface area (Å²) in [6.07, 6.45) is 8.03. The van der Waals surface area contributed by atoms with E-state index in [4.69, 9.17) is 4.74 Å². The molecule has 2 fully saturated rings. The molecule has 0 aromatic heterocycles. The molecule has 1 aromatic rings. The Morgan fingerprint density at radius 1 is 1.24 bits per heavy atom. The highest BCUT2D eigenvalue weighted by molar-refractivity contribution is 6.08. The first-order valence-corrected chi connectivity index (χ1v) is 14.6. The van der Waals surface area contributed by atoms with Gasteiger partial charge in [-0.3, -0.25) is 19.2 Å². The maximum atomic E-state index is 13.8. The summed E-state index contributed by atoms with van der Waals surface area (Å²) in [4.78, 5) is 54.0. The second kappa shape index (κ2) is 13.6. The highest BCUT2D eigenvalue weighted by atomic mass is 16.5. The molecule has 3 aliphatic heterocycles. The molecule has 4 N–H and O–H groups in total. The predicted molar refractivity (Wildman–Crippen MR) is 153 cm³/mol. The molecule has 224 valence electrons. The summed E-state index contributed by atoms with van der Waals surface area (Å²) in [5.41, 5.74) is -0.496. The Labute approximate surface area is 240 Å². The van der Waals surface area contributed by atoms with E-state index >= 15 is 0 Å². The normalized spacial score (nSPS) is 24.6. The fourth-order valence-corrected chi connectivity index (χ4v) is 6.01. The van der Waals surface area contributed by atoms with Crippen LogP contribution in [0.5, 0.6) is 0 Å². The van der Waals surface area contributed by atoms with Gasteiger partial charge >= 0.3 is 5.97 Å². The number of benzene rings is 1. The van der Waals surface area contributed by atoms with Crippen molar-refractivity contribution in [2.45, 2.75) is 76.0 Å². The number of anilines is 2. The van der Waals surface area contributed by atoms with Crippen molar-refractivity contribution >= 4 is 35.1 Å². The van der Waals surface area contributed by atoms with E-state index in [1.807, 2.05) is 0 Å². The molecule has 1 aromatic carbocycles. The third kappa shape index (κ3) is 6.63. The molecule has 3 aliphatic rings. The topological polar surface area (TPSA) is 149 Å². The van der Waals surface area contributed by atoms with Gasteiger partial charge in [0.1, 0.15) is 0 Å². The number of carbonyl (C=O) groups excluding carboxylic acids is 4. The molecule has 2 saturated heterocycles. The third-order valence-corrected chi connectivity index (χ3v) is 8.44. The molecular formula is C30H42N4O7. The van der Waals surface area contributed by atoms with Gasteiger partial charge in [0.15, 0.2) is 5.60 Å². The van der Waals surface area contributed by atoms with Gasteiger partial charge in [0, 0.05) is 43.1 Å². The summed E-state index contributed by atoms with van der Waals surface area (Å²) >= 11 is 0. The maximum absolute atomic E-state index is 13.8. The summed E-state index contributed by atoms with van der Waals surface area (Å²) in [5, 5.41) is 27.6. The van der Waals surface area contributed by atoms with E-state index in [1.165, 1.54) is 12.0 Å². The van der Waals surface area contributed by atoms with Crippen LogP contribution in [-0.2, 0) is 29.5 Å². The number of aliphatic hydroxyl groups excluding tert-OH is 1. The zero-order chi connectivity index (χ0) is 29.6. The van der Waals surface area contributed by atoms with E-state index in [-0.39, 0.29) is 49.3 Å². The molecule has 0 aliphatic carbocycles. The zero-order valence-corrected chi connectivity index (χ0v) is 23.9. The Balaban J connectivity index is 1.53. The van der Waals surface area contributed by atoms with Crippen molar-refractivity contribution in [2.75, 3.05) is 43.6 Å². The number of fused-ring (bicyclic) bond motifs is 1. The summed E-state index contributed by atoms with van der Waals surface area (Å²) in [5.74, 6) is -1.76. The SMILES string of the molecule is COC(=O)CCCCN1C(=O)[C@](O)([C@H](C)/C=C/CC(=O)N2CCC[C@H]2CO)c2cc(NC(=O)[C@H]3CCCN3)ccc21. The minimum atomic E-state index is -1.91. The van der Waals surface area contributed by atoms with Crippen molar-refractivity contribution < 1.29 is 34.1 Å². The molecule has 0 unspecified atom stereocenters. The second-order valence-corrected chi connectivity index (χ2v) is 11.1. The van der Waals surface area contributed by atoms with Crippen LogP contribution in [0.4, 0.5) is 11.4 Å². The van der Waals surface area contributed by atoms with E-state index < -0.39 is 17.4 Å². The van der Waals surface area contributed by atoms with Crippen LogP contribution in [0.25, 0.3) is 0 Å². The van der Waals surface area contributed by atoms with Crippen LogP contribution in [0.3, 0.4) is 0 Å². The molecule has 3 heterocycles. The lowest BCUT2D eigenvalue weighted by Gasteiger charge is -2.28. The van der Waals surface area contributed by atoms with E-state index in [0.29, 0.717) is 42.9 Å². The number of nitrogens with one attached hydrogen (secondary N) is 2. The highest BCUT2D eigenvalue weighted by Crippen LogP contribution is 2.46. The minimum Gasteiger partial charge on any atom is -0.469 e. The number of nitrogens with zero attached hydrogens (tertiary/aromatic N) is 2. The summed E-state index contributed by atoms with van der Waals surface area (Å²) in [7, 11) is 1.33. The number of hydrogen-bond donors (Lipinski definition) is 4. The van der Waals surface area contributed by atoms with Gasteiger partial charge in [-0.05, 0) is 63.3 Å². The summed E-state index contributed by atoms with van der Waals surface area (Å²) in [6, 6.07) is 4.65. The van der Waals surface area contributed by atoms with E-state index in [1.54, 1.807) is 42.2 Å². The number of esters is 1. The third-order valence-electron chi connectivity index (χ3n) is 8.44. The van der Waals surface area contributed by atoms with Crippen LogP contribution in [0, 0.1) is 5.92 Å². The van der Waals surface area contributed by atoms with Crippen LogP contribution in [0.2, 0.25) is 0 Å². The highest BCUT2D eigenvalue weighted by Gasteiger charge is 2.52. The standard InChI is InChI=1S/C30H42N4O7/c1-20(8-5-11-26(36)33-17-7-9-22(33)19-35)30(40)23-18-21(32-28(38)24-10-6-15-31-24)13-14-25(23)34(29(30)39)16-4-3-12-27(37)41-2/h5,8,13-14,18,20,22,24,31,35,40H,3-4,6-7,9-12,15-17,19H2,1-2H3,(H,32,38)/b8-5+/t20-,22+,24-,30+/m1/s1. The molecule has 3 amide bonds. The van der Waals surface area contributed by atoms with E-state index in [0.717, 1.165) is 32.2 Å². The number of rotatable bonds is 12. The summed E-state index contributed by atoms with van der Waals surface area (Å²) < 4.78 is 4.70. The summed E-state index contributed by atoms with van der Waals surface area (Å²) in [6.45, 7) is 3.35. The monoisotopic (exact) mass is 570 g/mol. The van der Waals surface area contributed by atoms with Crippen molar-refractivity contribution in [3.05, 3.63) is 35.9 Å². The van der Waals surface area contributed by atoms with Crippen LogP contribution >= 0.6 is 0 Å². The van der Waals surface area contributed by atoms with Gasteiger partial charge in [0.05, 0.1) is 31.5 Å². The number of carbonyl (C=O) groups is 4. The first-order chi connectivity index (χ1) is 19.7. The predicted octanol–water partition coefficient (Wildman–Crippen LogP) is 1.82. The first-order valence-electron chi connectivity index (χ1n) is 14.6. The lowest BCUT2D eigenvalue weighted by molar-refractivity contribution is -0.140. The number of amides is 3. The zero-order valence-electron chi connectivity index (χ0n) is 23.9. The van der Waals surface area contributed by atoms with Crippen LogP contribution in [0.15, 0.2) is 30.4 Å². The fraction of sp³-hybridized carbons (Fsp3) is 0.600. The second-order valence-electron chi connectivity index (χ2n) is 11.1. The maximum Gasteiger partial charge on any atom is 0.305 e. The van der Waals surface area contributed by atoms with Gasteiger partial charge in [0.25, 0.3) is 5.91 Å². The largest absolute Gasteiger partial charge is 0.469 e. The molecule has 4 atom stereocenters. The van der Waals surface area contributed by atoms with Gasteiger partial charge in [-0.15, -0.1) is 0 Å². The first kappa shape index (κ1) is 30.7. The van der Waals surface area contributed by atoms with Gasteiger partial charge in [-0.25, -0.2) is 0 Å². The molecule has 0 saturated carbocycles. The average Bonchev–Trinajstić information content (AvgIpc) is 3.72. The molecule has 11 heteroatoms. The molecule has 0 bridgehead atoms. The van der Waals surface area contributed by atoms with Crippen LogP contribution in [-0.4, -0.2) is 84.2 Å². The van der Waals surface area contributed by atoms with Crippen molar-refractivity contribution in [3.63, 3.8) is 0 Å². The number of aliphatic hydroxyl groups is 2. The van der Waals surface area contributed by atoms with Gasteiger partial charge < -0.3 is 35.4 Å². The fourth-order valence-electron chi connectivity index (χ4n) is 6.01. The average molecular weight is 571 g/mol. The van der Waals surface area contributed by atoms with E-state index in [9.17, 15) is 29.4 Å². The Morgan fingerprint density at radius 2 is 2.05 bits per heavy atom. The van der Waals surface area contributed by atoms with Crippen molar-refractivity contribution in [1.29, 1.82) is 0 Å². The molecule has 0 radical (unpaired) electrons. The Hall–Kier alpha value is -3.28. The van der Waals surface area contributed by atoms with E-state index in [2.05, 4.69) is 10.6 Å². The Morgan fingerprint density at radius 3 is 2.76 bits per heavy atom. The number of likely N-dealkylation sites (tertiary alicyclic amines) is 1. The van der Waals surface area contributed by atoms with Crippen molar-refractivity contribution in [1.82, 2.24) is 10.2 Å². The molecule has 0 spiro atoms. The Kier molecular flexibility index (Phi) is 10.2. The van der Waals surface area contributed by atoms with Crippen molar-refractivity contribution in [3.8, 4) is 0 Å². The molecule has 41 heavy (non-hydrogen) atoms. The van der Waals surface area contributed by atoms with Gasteiger partial charge in [-0.1, -0.05) is 19.1 Å². The van der Waals surface area contributed by atoms with Crippen LogP contribution < -0.4 is 15.5 Å². The van der Waals surface area contributed by atoms with Gasteiger partial charge in [0.2, 0.25) is 11.8 Å². The number of ether oxygens (including phenoxy) is 1. The number of unbranched alkanes of at least 4 members (excludes halogenated alkanes) is 1. The van der Waals surface area contributed by atoms with Crippen LogP contribution in [0.1, 0.15) is 63.9 Å². The number of hydrogen-bond acceptors (Lipinski definition) is 8. The smallest absolute Gasteiger partial charge is 0.305 e. The molecule has 4 rings (SSSR count). The molecule has 11 nitrogen and oxygen atoms in total. The van der Waals surface area contributed by atoms with Crippen molar-refractivity contribution in [2.24, 2.45) is 5.92 Å². The quantitative estimate of drug-likeness (QED) is 0.169. The van der Waals surface area contributed by atoms with Gasteiger partial charge in [-0.2, -0.15) is 0 Å². The molecular weight excluding hydrogens is 528 g/mol. The number of methoxy groups -OCH3 is 1. The lowest BCUT2D eigenvalue weighted by atomic mass is 9.82. The Bertz CT molecular complexity index is 1170. The lowest BCUT2D eigenvalue weighted by Crippen LogP contribution is -2.44.